The summed E-state index contributed by atoms with van der Waals surface area (Å²) in [6, 6.07) is 9.09. The highest BCUT2D eigenvalue weighted by Crippen LogP contribution is 2.26. The number of rotatable bonds is 7. The van der Waals surface area contributed by atoms with Gasteiger partial charge < -0.3 is 4.74 Å². The van der Waals surface area contributed by atoms with Gasteiger partial charge in [-0.25, -0.2) is 4.39 Å². The molecule has 0 saturated carbocycles. The van der Waals surface area contributed by atoms with Crippen LogP contribution in [0.25, 0.3) is 0 Å². The smallest absolute Gasteiger partial charge is 0.205 e. The standard InChI is InChI=1S/C16H13FO4S/c1-10(18)13(19)8-14(20)15-6-7-16(22-15)21-9-11-2-4-12(17)5-3-11/h2-7H,8-9H2,1H3. The number of thiophene rings is 1. The topological polar surface area (TPSA) is 60.4 Å². The number of ketones is 3. The van der Waals surface area contributed by atoms with Gasteiger partial charge in [0.05, 0.1) is 11.3 Å². The second-order valence-corrected chi connectivity index (χ2v) is 5.66. The minimum atomic E-state index is -0.702. The first kappa shape index (κ1) is 16.0. The van der Waals surface area contributed by atoms with Gasteiger partial charge in [-0.15, -0.1) is 0 Å². The molecule has 0 radical (unpaired) electrons. The van der Waals surface area contributed by atoms with E-state index in [1.165, 1.54) is 12.1 Å². The van der Waals surface area contributed by atoms with Crippen LogP contribution >= 0.6 is 11.3 Å². The van der Waals surface area contributed by atoms with Crippen molar-refractivity contribution in [3.63, 3.8) is 0 Å². The maximum Gasteiger partial charge on any atom is 0.205 e. The van der Waals surface area contributed by atoms with E-state index >= 15 is 0 Å². The molecule has 1 aromatic heterocycles. The summed E-state index contributed by atoms with van der Waals surface area (Å²) in [5, 5.41) is 0.517. The van der Waals surface area contributed by atoms with Crippen LogP contribution in [0.15, 0.2) is 36.4 Å². The maximum absolute atomic E-state index is 12.8. The van der Waals surface area contributed by atoms with Gasteiger partial charge in [0, 0.05) is 6.92 Å². The highest BCUT2D eigenvalue weighted by molar-refractivity contribution is 7.15. The van der Waals surface area contributed by atoms with Gasteiger partial charge in [0.1, 0.15) is 12.4 Å². The van der Waals surface area contributed by atoms with Gasteiger partial charge in [0.15, 0.2) is 16.6 Å². The van der Waals surface area contributed by atoms with Gasteiger partial charge >= 0.3 is 0 Å². The monoisotopic (exact) mass is 320 g/mol. The number of Topliss-reactive ketones (excluding diaryl/α,β-unsaturated/α-hetero) is 3. The Morgan fingerprint density at radius 2 is 1.77 bits per heavy atom. The fourth-order valence-electron chi connectivity index (χ4n) is 1.64. The summed E-state index contributed by atoms with van der Waals surface area (Å²) in [6.07, 6.45) is -0.423. The summed E-state index contributed by atoms with van der Waals surface area (Å²) < 4.78 is 18.3. The van der Waals surface area contributed by atoms with Crippen LogP contribution in [0.2, 0.25) is 0 Å². The number of hydrogen-bond acceptors (Lipinski definition) is 5. The summed E-state index contributed by atoms with van der Waals surface area (Å²) in [5.41, 5.74) is 0.800. The molecule has 0 bridgehead atoms. The van der Waals surface area contributed by atoms with E-state index in [2.05, 4.69) is 0 Å². The molecule has 114 valence electrons. The van der Waals surface area contributed by atoms with E-state index in [9.17, 15) is 18.8 Å². The Kier molecular flexibility index (Phi) is 5.16. The predicted molar refractivity (Wildman–Crippen MR) is 79.7 cm³/mol. The third-order valence-corrected chi connectivity index (χ3v) is 3.90. The number of carbonyl (C=O) groups excluding carboxylic acids is 3. The molecule has 0 N–H and O–H groups in total. The summed E-state index contributed by atoms with van der Waals surface area (Å²) in [4.78, 5) is 34.3. The van der Waals surface area contributed by atoms with E-state index in [-0.39, 0.29) is 12.4 Å². The number of benzene rings is 1. The van der Waals surface area contributed by atoms with E-state index in [1.54, 1.807) is 24.3 Å². The van der Waals surface area contributed by atoms with Gasteiger partial charge in [-0.05, 0) is 29.8 Å². The molecular weight excluding hydrogens is 307 g/mol. The average Bonchev–Trinajstić information content (AvgIpc) is 2.95. The number of ether oxygens (including phenoxy) is 1. The first-order valence-corrected chi connectivity index (χ1v) is 7.31. The van der Waals surface area contributed by atoms with Crippen LogP contribution < -0.4 is 4.74 Å². The molecule has 0 aliphatic carbocycles. The van der Waals surface area contributed by atoms with Crippen molar-refractivity contribution in [1.29, 1.82) is 0 Å². The van der Waals surface area contributed by atoms with Crippen molar-refractivity contribution in [2.24, 2.45) is 0 Å². The second-order valence-electron chi connectivity index (χ2n) is 4.61. The summed E-state index contributed by atoms with van der Waals surface area (Å²) >= 11 is 1.11. The molecule has 0 fully saturated rings. The van der Waals surface area contributed by atoms with Crippen molar-refractivity contribution in [2.45, 2.75) is 20.0 Å². The highest BCUT2D eigenvalue weighted by atomic mass is 32.1. The molecule has 0 atom stereocenters. The molecule has 6 heteroatoms. The van der Waals surface area contributed by atoms with Gasteiger partial charge in [0.2, 0.25) is 5.78 Å². The van der Waals surface area contributed by atoms with Crippen molar-refractivity contribution in [1.82, 2.24) is 0 Å². The quantitative estimate of drug-likeness (QED) is 0.446. The third kappa shape index (κ3) is 4.33. The van der Waals surface area contributed by atoms with Crippen molar-refractivity contribution < 1.29 is 23.5 Å². The Hall–Kier alpha value is -2.34. The van der Waals surface area contributed by atoms with Crippen LogP contribution in [-0.4, -0.2) is 17.3 Å². The van der Waals surface area contributed by atoms with Crippen molar-refractivity contribution >= 4 is 28.7 Å². The molecule has 1 heterocycles. The molecule has 4 nitrogen and oxygen atoms in total. The van der Waals surface area contributed by atoms with Gasteiger partial charge in [0.25, 0.3) is 0 Å². The summed E-state index contributed by atoms with van der Waals surface area (Å²) in [6.45, 7) is 1.39. The molecule has 0 spiro atoms. The van der Waals surface area contributed by atoms with Crippen LogP contribution in [0.5, 0.6) is 5.06 Å². The molecule has 22 heavy (non-hydrogen) atoms. The number of halogens is 1. The largest absolute Gasteiger partial charge is 0.479 e. The molecule has 0 aliphatic rings. The first-order chi connectivity index (χ1) is 10.5. The Balaban J connectivity index is 1.93. The normalized spacial score (nSPS) is 10.3. The molecule has 2 rings (SSSR count). The zero-order chi connectivity index (χ0) is 16.1. The van der Waals surface area contributed by atoms with Crippen LogP contribution in [-0.2, 0) is 16.2 Å². The van der Waals surface area contributed by atoms with Crippen LogP contribution in [0, 0.1) is 5.82 Å². The lowest BCUT2D eigenvalue weighted by atomic mass is 10.1. The molecule has 2 aromatic rings. The lowest BCUT2D eigenvalue weighted by molar-refractivity contribution is -0.134. The third-order valence-electron chi connectivity index (χ3n) is 2.86. The fourth-order valence-corrected chi connectivity index (χ4v) is 2.43. The Labute approximate surface area is 130 Å². The molecule has 0 amide bonds. The Bertz CT molecular complexity index is 703. The van der Waals surface area contributed by atoms with E-state index in [0.29, 0.717) is 9.94 Å². The molecular formula is C16H13FO4S. The zero-order valence-corrected chi connectivity index (χ0v) is 12.6. The van der Waals surface area contributed by atoms with Crippen LogP contribution in [0.1, 0.15) is 28.6 Å². The lowest BCUT2D eigenvalue weighted by Gasteiger charge is -2.03. The van der Waals surface area contributed by atoms with Crippen molar-refractivity contribution in [2.75, 3.05) is 0 Å². The second kappa shape index (κ2) is 7.09. The average molecular weight is 320 g/mol. The summed E-state index contributed by atoms with van der Waals surface area (Å²) in [7, 11) is 0. The number of hydrogen-bond donors (Lipinski definition) is 0. The minimum absolute atomic E-state index is 0.251. The number of carbonyl (C=O) groups is 3. The van der Waals surface area contributed by atoms with Gasteiger partial charge in [-0.3, -0.25) is 14.4 Å². The van der Waals surface area contributed by atoms with Crippen molar-refractivity contribution in [3.8, 4) is 5.06 Å². The Morgan fingerprint density at radius 3 is 2.41 bits per heavy atom. The van der Waals surface area contributed by atoms with E-state index in [4.69, 9.17) is 4.74 Å². The minimum Gasteiger partial charge on any atom is -0.479 e. The van der Waals surface area contributed by atoms with Crippen molar-refractivity contribution in [3.05, 3.63) is 52.7 Å². The van der Waals surface area contributed by atoms with E-state index < -0.39 is 23.8 Å². The van der Waals surface area contributed by atoms with E-state index in [0.717, 1.165) is 23.8 Å². The Morgan fingerprint density at radius 1 is 1.09 bits per heavy atom. The van der Waals surface area contributed by atoms with E-state index in [1.807, 2.05) is 0 Å². The van der Waals surface area contributed by atoms with Gasteiger partial charge in [-0.2, -0.15) is 0 Å². The molecule has 0 saturated heterocycles. The zero-order valence-electron chi connectivity index (χ0n) is 11.8. The lowest BCUT2D eigenvalue weighted by Crippen LogP contribution is -2.14. The SMILES string of the molecule is CC(=O)C(=O)CC(=O)c1ccc(OCc2ccc(F)cc2)s1. The van der Waals surface area contributed by atoms with Gasteiger partial charge in [-0.1, -0.05) is 23.5 Å². The fraction of sp³-hybridized carbons (Fsp3) is 0.188. The van der Waals surface area contributed by atoms with Crippen LogP contribution in [0.4, 0.5) is 4.39 Å². The maximum atomic E-state index is 12.8. The molecule has 0 aliphatic heterocycles. The predicted octanol–water partition coefficient (Wildman–Crippen LogP) is 3.20. The highest BCUT2D eigenvalue weighted by Gasteiger charge is 2.17. The summed E-state index contributed by atoms with van der Waals surface area (Å²) in [5.74, 6) is -2.05. The van der Waals surface area contributed by atoms with Crippen LogP contribution in [0.3, 0.4) is 0 Å². The first-order valence-electron chi connectivity index (χ1n) is 6.50. The molecule has 0 unspecified atom stereocenters. The molecule has 1 aromatic carbocycles.